The molecule has 4 rings (SSSR count). The van der Waals surface area contributed by atoms with Gasteiger partial charge in [-0.15, -0.1) is 5.10 Å². The number of nitrogen functional groups attached to an aromatic ring is 1. The summed E-state index contributed by atoms with van der Waals surface area (Å²) in [6.07, 6.45) is 2.36. The summed E-state index contributed by atoms with van der Waals surface area (Å²) in [5.74, 6) is 0.913. The van der Waals surface area contributed by atoms with Gasteiger partial charge in [0.25, 0.3) is 0 Å². The summed E-state index contributed by atoms with van der Waals surface area (Å²) in [7, 11) is 0. The second kappa shape index (κ2) is 5.91. The predicted octanol–water partition coefficient (Wildman–Crippen LogP) is 3.03. The molecular weight excluding hydrogens is 333 g/mol. The van der Waals surface area contributed by atoms with Gasteiger partial charge in [-0.3, -0.25) is 0 Å². The maximum Gasteiger partial charge on any atom is 0.238 e. The van der Waals surface area contributed by atoms with Crippen LogP contribution in [-0.2, 0) is 6.54 Å². The molecule has 0 aliphatic heterocycles. The lowest BCUT2D eigenvalue weighted by Gasteiger charge is -2.07. The topological polar surface area (TPSA) is 86.9 Å². The predicted molar refractivity (Wildman–Crippen MR) is 99.3 cm³/mol. The summed E-state index contributed by atoms with van der Waals surface area (Å²) >= 11 is 0. The first kappa shape index (κ1) is 16.2. The molecule has 2 N–H and O–H groups in total. The van der Waals surface area contributed by atoms with E-state index in [1.165, 1.54) is 6.92 Å². The maximum atomic E-state index is 13.6. The summed E-state index contributed by atoms with van der Waals surface area (Å²) in [5.41, 5.74) is 10.2. The van der Waals surface area contributed by atoms with Crippen LogP contribution < -0.4 is 5.73 Å². The van der Waals surface area contributed by atoms with E-state index in [9.17, 15) is 4.39 Å². The third-order valence-electron chi connectivity index (χ3n) is 4.26. The zero-order chi connectivity index (χ0) is 18.4. The normalized spacial score (nSPS) is 12.7. The van der Waals surface area contributed by atoms with Crippen LogP contribution in [0.25, 0.3) is 34.0 Å². The van der Waals surface area contributed by atoms with Crippen LogP contribution in [0, 0.1) is 6.92 Å². The SMILES string of the molecule is C=Cc1cc(-c2ccc3nc(C)n(CC(C)F)c3n2)c2cnc(N)nn12. The molecule has 0 amide bonds. The van der Waals surface area contributed by atoms with Crippen LogP contribution in [-0.4, -0.2) is 35.3 Å². The van der Waals surface area contributed by atoms with Crippen molar-refractivity contribution in [2.24, 2.45) is 0 Å². The molecule has 0 fully saturated rings. The summed E-state index contributed by atoms with van der Waals surface area (Å²) < 4.78 is 17.1. The Labute approximate surface area is 149 Å². The van der Waals surface area contributed by atoms with Gasteiger partial charge in [0, 0.05) is 5.56 Å². The molecule has 0 saturated carbocycles. The maximum absolute atomic E-state index is 13.6. The highest BCUT2D eigenvalue weighted by Gasteiger charge is 2.16. The number of nitrogens with two attached hydrogens (primary N) is 1. The van der Waals surface area contributed by atoms with Gasteiger partial charge >= 0.3 is 0 Å². The number of pyridine rings is 1. The summed E-state index contributed by atoms with van der Waals surface area (Å²) in [4.78, 5) is 13.3. The van der Waals surface area contributed by atoms with Crippen molar-refractivity contribution in [1.82, 2.24) is 29.1 Å². The van der Waals surface area contributed by atoms with Crippen molar-refractivity contribution in [3.05, 3.63) is 42.5 Å². The van der Waals surface area contributed by atoms with Crippen LogP contribution >= 0.6 is 0 Å². The number of aryl methyl sites for hydroxylation is 1. The van der Waals surface area contributed by atoms with Gasteiger partial charge in [0.1, 0.15) is 17.5 Å². The number of hydrogen-bond acceptors (Lipinski definition) is 5. The van der Waals surface area contributed by atoms with Crippen LogP contribution in [0.4, 0.5) is 10.3 Å². The molecule has 0 radical (unpaired) electrons. The number of anilines is 1. The van der Waals surface area contributed by atoms with Gasteiger partial charge in [-0.25, -0.2) is 23.9 Å². The minimum Gasteiger partial charge on any atom is -0.367 e. The van der Waals surface area contributed by atoms with Crippen LogP contribution in [0.3, 0.4) is 0 Å². The Morgan fingerprint density at radius 2 is 2.15 bits per heavy atom. The second-order valence-corrected chi connectivity index (χ2v) is 6.19. The van der Waals surface area contributed by atoms with Crippen molar-refractivity contribution in [3.63, 3.8) is 0 Å². The first-order valence-electron chi connectivity index (χ1n) is 8.23. The molecular formula is C18H18FN7. The Morgan fingerprint density at radius 1 is 1.35 bits per heavy atom. The van der Waals surface area contributed by atoms with Crippen molar-refractivity contribution in [2.75, 3.05) is 5.73 Å². The summed E-state index contributed by atoms with van der Waals surface area (Å²) in [6, 6.07) is 5.70. The highest BCUT2D eigenvalue weighted by Crippen LogP contribution is 2.28. The first-order chi connectivity index (χ1) is 12.5. The summed E-state index contributed by atoms with van der Waals surface area (Å²) in [5, 5.41) is 4.23. The molecule has 1 atom stereocenters. The fraction of sp³-hybridized carbons (Fsp3) is 0.222. The highest BCUT2D eigenvalue weighted by molar-refractivity contribution is 5.84. The molecule has 0 aromatic carbocycles. The molecule has 8 heteroatoms. The molecule has 0 aliphatic rings. The number of hydrogen-bond donors (Lipinski definition) is 1. The van der Waals surface area contributed by atoms with E-state index in [1.807, 2.05) is 25.1 Å². The fourth-order valence-corrected chi connectivity index (χ4v) is 3.11. The molecule has 132 valence electrons. The van der Waals surface area contributed by atoms with Crippen molar-refractivity contribution in [3.8, 4) is 11.3 Å². The van der Waals surface area contributed by atoms with Crippen LogP contribution in [0.5, 0.6) is 0 Å². The molecule has 26 heavy (non-hydrogen) atoms. The average molecular weight is 351 g/mol. The quantitative estimate of drug-likeness (QED) is 0.611. The molecule has 1 unspecified atom stereocenters. The highest BCUT2D eigenvalue weighted by atomic mass is 19.1. The molecule has 7 nitrogen and oxygen atoms in total. The minimum absolute atomic E-state index is 0.178. The Morgan fingerprint density at radius 3 is 2.88 bits per heavy atom. The van der Waals surface area contributed by atoms with Crippen molar-refractivity contribution < 1.29 is 4.39 Å². The van der Waals surface area contributed by atoms with Gasteiger partial charge in [0.15, 0.2) is 5.65 Å². The number of nitrogens with zero attached hydrogens (tertiary/aromatic N) is 6. The van der Waals surface area contributed by atoms with E-state index in [1.54, 1.807) is 21.4 Å². The summed E-state index contributed by atoms with van der Waals surface area (Å²) in [6.45, 7) is 7.41. The van der Waals surface area contributed by atoms with Gasteiger partial charge in [-0.05, 0) is 38.1 Å². The molecule has 4 aromatic rings. The third kappa shape index (κ3) is 2.50. The van der Waals surface area contributed by atoms with Crippen molar-refractivity contribution in [2.45, 2.75) is 26.6 Å². The zero-order valence-corrected chi connectivity index (χ0v) is 14.5. The van der Waals surface area contributed by atoms with E-state index in [0.717, 1.165) is 33.8 Å². The minimum atomic E-state index is -0.990. The van der Waals surface area contributed by atoms with E-state index in [4.69, 9.17) is 10.7 Å². The van der Waals surface area contributed by atoms with Gasteiger partial charge < -0.3 is 10.3 Å². The van der Waals surface area contributed by atoms with Crippen molar-refractivity contribution in [1.29, 1.82) is 0 Å². The third-order valence-corrected chi connectivity index (χ3v) is 4.26. The lowest BCUT2D eigenvalue weighted by Crippen LogP contribution is -2.09. The van der Waals surface area contributed by atoms with E-state index >= 15 is 0 Å². The van der Waals surface area contributed by atoms with Crippen molar-refractivity contribution >= 4 is 28.7 Å². The standard InChI is InChI=1S/C18H18FN7/c1-4-12-7-13(16-8-21-18(20)24-26(12)16)14-5-6-15-17(23-14)25(9-10(2)19)11(3)22-15/h4-8,10H,1,9H2,2-3H3,(H2,20,24). The molecule has 4 heterocycles. The fourth-order valence-electron chi connectivity index (χ4n) is 3.11. The molecule has 0 bridgehead atoms. The number of aromatic nitrogens is 6. The molecule has 4 aromatic heterocycles. The van der Waals surface area contributed by atoms with E-state index in [0.29, 0.717) is 5.65 Å². The smallest absolute Gasteiger partial charge is 0.238 e. The number of halogens is 1. The number of imidazole rings is 1. The monoisotopic (exact) mass is 351 g/mol. The Bertz CT molecular complexity index is 1140. The average Bonchev–Trinajstić information content (AvgIpc) is 3.11. The Balaban J connectivity index is 1.95. The lowest BCUT2D eigenvalue weighted by atomic mass is 10.2. The van der Waals surface area contributed by atoms with Gasteiger partial charge in [-0.1, -0.05) is 6.58 Å². The number of fused-ring (bicyclic) bond motifs is 2. The van der Waals surface area contributed by atoms with Gasteiger partial charge in [0.2, 0.25) is 5.95 Å². The molecule has 0 aliphatic carbocycles. The lowest BCUT2D eigenvalue weighted by molar-refractivity contribution is 0.321. The Hall–Kier alpha value is -3.29. The number of alkyl halides is 1. The van der Waals surface area contributed by atoms with E-state index in [2.05, 4.69) is 21.6 Å². The first-order valence-corrected chi connectivity index (χ1v) is 8.23. The largest absolute Gasteiger partial charge is 0.367 e. The van der Waals surface area contributed by atoms with E-state index in [-0.39, 0.29) is 12.5 Å². The van der Waals surface area contributed by atoms with E-state index < -0.39 is 6.17 Å². The van der Waals surface area contributed by atoms with Crippen LogP contribution in [0.15, 0.2) is 31.0 Å². The second-order valence-electron chi connectivity index (χ2n) is 6.19. The number of rotatable bonds is 4. The Kier molecular flexibility index (Phi) is 3.68. The molecule has 0 spiro atoms. The molecule has 0 saturated heterocycles. The van der Waals surface area contributed by atoms with Gasteiger partial charge in [-0.2, -0.15) is 0 Å². The van der Waals surface area contributed by atoms with Crippen LogP contribution in [0.1, 0.15) is 18.4 Å². The van der Waals surface area contributed by atoms with Crippen LogP contribution in [0.2, 0.25) is 0 Å². The van der Waals surface area contributed by atoms with Gasteiger partial charge in [0.05, 0.1) is 29.6 Å². The zero-order valence-electron chi connectivity index (χ0n) is 14.5.